The van der Waals surface area contributed by atoms with Gasteiger partial charge in [0.1, 0.15) is 28.6 Å². The first kappa shape index (κ1) is 24.7. The number of aromatic nitrogens is 5. The third-order valence-electron chi connectivity index (χ3n) is 4.94. The van der Waals surface area contributed by atoms with Crippen molar-refractivity contribution in [3.05, 3.63) is 42.6 Å². The Labute approximate surface area is 210 Å². The van der Waals surface area contributed by atoms with Crippen molar-refractivity contribution >= 4 is 27.1 Å². The number of imidazole rings is 1. The average molecular weight is 511 g/mol. The summed E-state index contributed by atoms with van der Waals surface area (Å²) < 4.78 is 45.7. The summed E-state index contributed by atoms with van der Waals surface area (Å²) in [6, 6.07) is 10.6. The number of hydrogen-bond acceptors (Lipinski definition) is 9. The van der Waals surface area contributed by atoms with Gasteiger partial charge in [-0.3, -0.25) is 9.29 Å². The van der Waals surface area contributed by atoms with Crippen LogP contribution in [0.1, 0.15) is 15.3 Å². The minimum absolute atomic E-state index is 0. The summed E-state index contributed by atoms with van der Waals surface area (Å²) in [6.07, 6.45) is 1.30. The number of rotatable bonds is 9. The summed E-state index contributed by atoms with van der Waals surface area (Å²) in [5.41, 5.74) is 1.50. The Hall–Kier alpha value is -4.37. The molecule has 0 radical (unpaired) electrons. The van der Waals surface area contributed by atoms with Crippen LogP contribution in [-0.4, -0.2) is 59.5 Å². The number of para-hydroxylation sites is 1. The van der Waals surface area contributed by atoms with Gasteiger partial charge in [-0.1, -0.05) is 18.1 Å². The van der Waals surface area contributed by atoms with Crippen LogP contribution >= 0.6 is 0 Å². The standard InChI is InChI=1S/C24H24N6O5S.H2/c1-5-7-14-36(31,32)29-19-15-25-22-24(27-19)30(21-17(33-3)11-9-12-18(21)34-4)23(28-22)16-10-8-13-20(26-16)35-6-2;/h8-13,15H,6,14H2,1-4H3,(H,27,29);1H. The van der Waals surface area contributed by atoms with Crippen LogP contribution in [0.15, 0.2) is 42.6 Å². The molecular formula is C24H26N6O5S. The first-order valence-electron chi connectivity index (χ1n) is 10.9. The van der Waals surface area contributed by atoms with E-state index < -0.39 is 10.0 Å². The molecule has 12 heteroatoms. The Morgan fingerprint density at radius 3 is 2.44 bits per heavy atom. The van der Waals surface area contributed by atoms with Crippen molar-refractivity contribution in [2.24, 2.45) is 0 Å². The van der Waals surface area contributed by atoms with E-state index in [2.05, 4.69) is 36.5 Å². The molecule has 0 atom stereocenters. The molecule has 0 bridgehead atoms. The number of nitrogens with one attached hydrogen (secondary N) is 1. The van der Waals surface area contributed by atoms with Crippen molar-refractivity contribution in [2.45, 2.75) is 13.8 Å². The zero-order chi connectivity index (χ0) is 25.7. The fourth-order valence-corrected chi connectivity index (χ4v) is 4.29. The number of ether oxygens (including phenoxy) is 3. The number of methoxy groups -OCH3 is 2. The third-order valence-corrected chi connectivity index (χ3v) is 5.98. The van der Waals surface area contributed by atoms with Crippen LogP contribution in [0.2, 0.25) is 0 Å². The van der Waals surface area contributed by atoms with Gasteiger partial charge in [0.05, 0.1) is 27.0 Å². The molecule has 11 nitrogen and oxygen atoms in total. The zero-order valence-electron chi connectivity index (χ0n) is 20.1. The highest BCUT2D eigenvalue weighted by Gasteiger charge is 2.24. The number of nitrogens with zero attached hydrogens (tertiary/aromatic N) is 5. The fraction of sp³-hybridized carbons (Fsp3) is 0.250. The lowest BCUT2D eigenvalue weighted by Crippen LogP contribution is -2.17. The highest BCUT2D eigenvalue weighted by molar-refractivity contribution is 7.92. The van der Waals surface area contributed by atoms with Crippen molar-refractivity contribution in [3.63, 3.8) is 0 Å². The molecule has 0 saturated heterocycles. The van der Waals surface area contributed by atoms with E-state index in [-0.39, 0.29) is 24.3 Å². The molecule has 0 spiro atoms. The SMILES string of the molecule is CC#CCS(=O)(=O)Nc1cnc2nc(-c3cccc(OCC)n3)n(-c3c(OC)cccc3OC)c2n1.[HH]. The van der Waals surface area contributed by atoms with Gasteiger partial charge in [0.15, 0.2) is 22.9 Å². The van der Waals surface area contributed by atoms with Crippen LogP contribution in [0.4, 0.5) is 5.82 Å². The first-order chi connectivity index (χ1) is 17.4. The molecule has 3 heterocycles. The van der Waals surface area contributed by atoms with E-state index in [9.17, 15) is 8.42 Å². The molecular weight excluding hydrogens is 484 g/mol. The van der Waals surface area contributed by atoms with Gasteiger partial charge in [-0.2, -0.15) is 0 Å². The maximum absolute atomic E-state index is 12.4. The second-order valence-electron chi connectivity index (χ2n) is 7.27. The summed E-state index contributed by atoms with van der Waals surface area (Å²) in [6.45, 7) is 3.88. The number of hydrogen-bond donors (Lipinski definition) is 1. The van der Waals surface area contributed by atoms with Crippen molar-refractivity contribution in [3.8, 4) is 46.4 Å². The third kappa shape index (κ3) is 5.01. The van der Waals surface area contributed by atoms with Crippen molar-refractivity contribution in [2.75, 3.05) is 31.3 Å². The van der Waals surface area contributed by atoms with E-state index in [1.807, 2.05) is 6.92 Å². The van der Waals surface area contributed by atoms with Crippen LogP contribution in [0.3, 0.4) is 0 Å². The van der Waals surface area contributed by atoms with Gasteiger partial charge in [0.25, 0.3) is 0 Å². The molecule has 0 aliphatic rings. The van der Waals surface area contributed by atoms with Gasteiger partial charge in [0.2, 0.25) is 15.9 Å². The Morgan fingerprint density at radius 1 is 1.06 bits per heavy atom. The van der Waals surface area contributed by atoms with Gasteiger partial charge >= 0.3 is 0 Å². The predicted octanol–water partition coefficient (Wildman–Crippen LogP) is 3.30. The Kier molecular flexibility index (Phi) is 7.21. The van der Waals surface area contributed by atoms with E-state index in [0.717, 1.165) is 0 Å². The quantitative estimate of drug-likeness (QED) is 0.337. The minimum atomic E-state index is -3.76. The molecule has 0 unspecified atom stereocenters. The number of sulfonamides is 1. The normalized spacial score (nSPS) is 11.0. The molecule has 188 valence electrons. The van der Waals surface area contributed by atoms with Crippen LogP contribution in [0, 0.1) is 11.8 Å². The lowest BCUT2D eigenvalue weighted by Gasteiger charge is -2.16. The smallest absolute Gasteiger partial charge is 0.245 e. The zero-order valence-corrected chi connectivity index (χ0v) is 21.0. The monoisotopic (exact) mass is 510 g/mol. The Bertz CT molecular complexity index is 1560. The molecule has 1 N–H and O–H groups in total. The topological polar surface area (TPSA) is 130 Å². The molecule has 0 amide bonds. The van der Waals surface area contributed by atoms with E-state index in [0.29, 0.717) is 41.2 Å². The number of fused-ring (bicyclic) bond motifs is 1. The molecule has 36 heavy (non-hydrogen) atoms. The van der Waals surface area contributed by atoms with Gasteiger partial charge in [-0.15, -0.1) is 5.92 Å². The molecule has 3 aromatic heterocycles. The summed E-state index contributed by atoms with van der Waals surface area (Å²) in [5.74, 6) is 6.49. The fourth-order valence-electron chi connectivity index (χ4n) is 3.47. The van der Waals surface area contributed by atoms with Gasteiger partial charge in [-0.25, -0.2) is 28.4 Å². The van der Waals surface area contributed by atoms with Gasteiger partial charge in [-0.05, 0) is 32.0 Å². The van der Waals surface area contributed by atoms with Gasteiger partial charge < -0.3 is 14.2 Å². The maximum Gasteiger partial charge on any atom is 0.245 e. The number of benzene rings is 1. The Morgan fingerprint density at radius 2 is 1.78 bits per heavy atom. The van der Waals surface area contributed by atoms with Crippen molar-refractivity contribution in [1.82, 2.24) is 24.5 Å². The maximum atomic E-state index is 12.4. The second kappa shape index (κ2) is 10.5. The van der Waals surface area contributed by atoms with E-state index in [1.165, 1.54) is 20.4 Å². The first-order valence-corrected chi connectivity index (χ1v) is 12.5. The molecule has 4 aromatic rings. The van der Waals surface area contributed by atoms with Crippen LogP contribution in [0.25, 0.3) is 28.5 Å². The van der Waals surface area contributed by atoms with E-state index >= 15 is 0 Å². The van der Waals surface area contributed by atoms with Crippen molar-refractivity contribution in [1.29, 1.82) is 0 Å². The van der Waals surface area contributed by atoms with Crippen LogP contribution in [-0.2, 0) is 10.0 Å². The van der Waals surface area contributed by atoms with Crippen LogP contribution in [0.5, 0.6) is 17.4 Å². The lowest BCUT2D eigenvalue weighted by molar-refractivity contribution is 0.327. The summed E-state index contributed by atoms with van der Waals surface area (Å²) in [4.78, 5) is 18.1. The summed E-state index contributed by atoms with van der Waals surface area (Å²) >= 11 is 0. The predicted molar refractivity (Wildman–Crippen MR) is 137 cm³/mol. The lowest BCUT2D eigenvalue weighted by atomic mass is 10.2. The van der Waals surface area contributed by atoms with Gasteiger partial charge in [0, 0.05) is 7.49 Å². The molecule has 0 fully saturated rings. The Balaban J connectivity index is 0.00000380. The average Bonchev–Trinajstić information content (AvgIpc) is 3.25. The number of pyridine rings is 1. The minimum Gasteiger partial charge on any atom is -0.494 e. The molecule has 0 aliphatic carbocycles. The largest absolute Gasteiger partial charge is 0.494 e. The van der Waals surface area contributed by atoms with Crippen LogP contribution < -0.4 is 18.9 Å². The number of anilines is 1. The molecule has 0 aliphatic heterocycles. The van der Waals surface area contributed by atoms with E-state index in [1.54, 1.807) is 47.9 Å². The molecule has 1 aromatic carbocycles. The second-order valence-corrected chi connectivity index (χ2v) is 8.99. The summed E-state index contributed by atoms with van der Waals surface area (Å²) in [7, 11) is -0.694. The highest BCUT2D eigenvalue weighted by atomic mass is 32.2. The molecule has 4 rings (SSSR count). The highest BCUT2D eigenvalue weighted by Crippen LogP contribution is 2.38. The molecule has 0 saturated carbocycles. The summed E-state index contributed by atoms with van der Waals surface area (Å²) in [5, 5.41) is 0. The van der Waals surface area contributed by atoms with E-state index in [4.69, 9.17) is 14.2 Å². The van der Waals surface area contributed by atoms with Crippen molar-refractivity contribution < 1.29 is 24.1 Å².